The Morgan fingerprint density at radius 2 is 2.29 bits per heavy atom. The number of thiophene rings is 1. The topological polar surface area (TPSA) is 83.0 Å². The van der Waals surface area contributed by atoms with Crippen molar-refractivity contribution in [3.63, 3.8) is 0 Å². The van der Waals surface area contributed by atoms with Crippen LogP contribution in [0.15, 0.2) is 17.5 Å². The summed E-state index contributed by atoms with van der Waals surface area (Å²) in [5.41, 5.74) is 0. The van der Waals surface area contributed by atoms with Crippen LogP contribution in [0.4, 0.5) is 0 Å². The number of aromatic amines is 1. The van der Waals surface area contributed by atoms with Gasteiger partial charge in [0.1, 0.15) is 6.04 Å². The smallest absolute Gasteiger partial charge is 0.245 e. The monoisotopic (exact) mass is 365 g/mol. The van der Waals surface area contributed by atoms with E-state index < -0.39 is 6.04 Å². The number of carbonyl (C=O) groups is 2. The van der Waals surface area contributed by atoms with Gasteiger partial charge in [0.05, 0.1) is 10.8 Å². The predicted molar refractivity (Wildman–Crippen MR) is 94.2 cm³/mol. The van der Waals surface area contributed by atoms with E-state index in [4.69, 9.17) is 12.2 Å². The Balaban J connectivity index is 1.73. The first-order chi connectivity index (χ1) is 11.5. The van der Waals surface area contributed by atoms with Gasteiger partial charge in [0.2, 0.25) is 11.8 Å². The Bertz CT molecular complexity index is 789. The van der Waals surface area contributed by atoms with Gasteiger partial charge in [0.25, 0.3) is 0 Å². The number of nitrogens with zero attached hydrogens (tertiary/aromatic N) is 3. The van der Waals surface area contributed by atoms with Gasteiger partial charge < -0.3 is 10.2 Å². The van der Waals surface area contributed by atoms with Crippen molar-refractivity contribution >= 4 is 35.4 Å². The van der Waals surface area contributed by atoms with Crippen molar-refractivity contribution in [1.29, 1.82) is 0 Å². The molecule has 7 nitrogen and oxygen atoms in total. The molecule has 3 heterocycles. The molecule has 0 aromatic carbocycles. The summed E-state index contributed by atoms with van der Waals surface area (Å²) < 4.78 is 2.16. The summed E-state index contributed by atoms with van der Waals surface area (Å²) in [6, 6.07) is 3.41. The molecule has 1 aliphatic heterocycles. The number of hydrogen-bond donors (Lipinski definition) is 2. The quantitative estimate of drug-likeness (QED) is 0.792. The number of likely N-dealkylation sites (tertiary alicyclic amines) is 1. The molecule has 1 atom stereocenters. The minimum atomic E-state index is -0.469. The van der Waals surface area contributed by atoms with Gasteiger partial charge in [-0.25, -0.2) is 0 Å². The number of rotatable bonds is 5. The van der Waals surface area contributed by atoms with Crippen LogP contribution in [0.5, 0.6) is 0 Å². The average Bonchev–Trinajstić information content (AvgIpc) is 3.14. The summed E-state index contributed by atoms with van der Waals surface area (Å²) in [6.45, 7) is 5.20. The van der Waals surface area contributed by atoms with E-state index in [2.05, 4.69) is 15.5 Å². The first-order valence-corrected chi connectivity index (χ1v) is 9.09. The van der Waals surface area contributed by atoms with Crippen LogP contribution in [0.3, 0.4) is 0 Å². The molecule has 0 bridgehead atoms. The van der Waals surface area contributed by atoms with E-state index in [1.165, 1.54) is 0 Å². The van der Waals surface area contributed by atoms with E-state index >= 15 is 0 Å². The molecule has 0 spiro atoms. The molecule has 1 aliphatic rings. The largest absolute Gasteiger partial charge is 0.356 e. The molecule has 0 saturated carbocycles. The summed E-state index contributed by atoms with van der Waals surface area (Å²) in [7, 11) is 0. The second-order valence-electron chi connectivity index (χ2n) is 5.71. The van der Waals surface area contributed by atoms with Crippen molar-refractivity contribution in [2.24, 2.45) is 5.92 Å². The van der Waals surface area contributed by atoms with E-state index in [9.17, 15) is 9.59 Å². The van der Waals surface area contributed by atoms with E-state index in [0.29, 0.717) is 30.2 Å². The maximum Gasteiger partial charge on any atom is 0.245 e. The van der Waals surface area contributed by atoms with Gasteiger partial charge in [-0.15, -0.1) is 11.3 Å². The lowest BCUT2D eigenvalue weighted by Crippen LogP contribution is -2.57. The van der Waals surface area contributed by atoms with Gasteiger partial charge in [0, 0.05) is 19.6 Å². The van der Waals surface area contributed by atoms with E-state index in [-0.39, 0.29) is 17.7 Å². The van der Waals surface area contributed by atoms with Gasteiger partial charge in [-0.05, 0) is 37.5 Å². The second kappa shape index (κ2) is 6.86. The first-order valence-electron chi connectivity index (χ1n) is 7.80. The highest BCUT2D eigenvalue weighted by Crippen LogP contribution is 2.27. The van der Waals surface area contributed by atoms with E-state index in [0.717, 1.165) is 4.88 Å². The van der Waals surface area contributed by atoms with E-state index in [1.54, 1.807) is 20.8 Å². The molecule has 24 heavy (non-hydrogen) atoms. The summed E-state index contributed by atoms with van der Waals surface area (Å²) in [4.78, 5) is 27.1. The molecule has 1 saturated heterocycles. The summed E-state index contributed by atoms with van der Waals surface area (Å²) >= 11 is 6.84. The normalized spacial score (nSPS) is 15.8. The molecule has 1 fully saturated rings. The molecule has 2 amide bonds. The number of amides is 2. The molecule has 128 valence electrons. The summed E-state index contributed by atoms with van der Waals surface area (Å²) in [6.07, 6.45) is 0. The van der Waals surface area contributed by atoms with Crippen LogP contribution in [0.2, 0.25) is 0 Å². The SMILES string of the molecule is CCNC(=O)C1CN(C(=O)[C@H](C)n2c(-c3cccs3)n[nH]c2=S)C1. The summed E-state index contributed by atoms with van der Waals surface area (Å²) in [5.74, 6) is 0.506. The van der Waals surface area contributed by atoms with Crippen molar-refractivity contribution in [3.8, 4) is 10.7 Å². The minimum absolute atomic E-state index is 0.00778. The lowest BCUT2D eigenvalue weighted by Gasteiger charge is -2.39. The number of carbonyl (C=O) groups excluding carboxylic acids is 2. The molecule has 2 N–H and O–H groups in total. The van der Waals surface area contributed by atoms with E-state index in [1.807, 2.05) is 31.4 Å². The van der Waals surface area contributed by atoms with Gasteiger partial charge in [-0.2, -0.15) is 5.10 Å². The maximum absolute atomic E-state index is 12.7. The number of aromatic nitrogens is 3. The zero-order chi connectivity index (χ0) is 17.3. The third kappa shape index (κ3) is 3.01. The van der Waals surface area contributed by atoms with Crippen molar-refractivity contribution in [3.05, 3.63) is 22.3 Å². The van der Waals surface area contributed by atoms with Crippen LogP contribution in [-0.2, 0) is 9.59 Å². The fourth-order valence-electron chi connectivity index (χ4n) is 2.76. The maximum atomic E-state index is 12.7. The first kappa shape index (κ1) is 16.8. The molecule has 3 rings (SSSR count). The third-order valence-electron chi connectivity index (χ3n) is 4.11. The molecule has 0 unspecified atom stereocenters. The van der Waals surface area contributed by atoms with Crippen molar-refractivity contribution in [1.82, 2.24) is 25.0 Å². The van der Waals surface area contributed by atoms with Gasteiger partial charge in [0.15, 0.2) is 10.6 Å². The van der Waals surface area contributed by atoms with Crippen molar-refractivity contribution in [2.75, 3.05) is 19.6 Å². The Labute approximate surface area is 148 Å². The van der Waals surface area contributed by atoms with Crippen LogP contribution >= 0.6 is 23.6 Å². The zero-order valence-corrected chi connectivity index (χ0v) is 15.1. The lowest BCUT2D eigenvalue weighted by molar-refractivity contribution is -0.145. The summed E-state index contributed by atoms with van der Waals surface area (Å²) in [5, 5.41) is 11.8. The van der Waals surface area contributed by atoms with Crippen LogP contribution in [-0.4, -0.2) is 51.1 Å². The Morgan fingerprint density at radius 1 is 1.54 bits per heavy atom. The van der Waals surface area contributed by atoms with Crippen LogP contribution < -0.4 is 5.32 Å². The molecule has 2 aromatic rings. The van der Waals surface area contributed by atoms with Crippen LogP contribution in [0.25, 0.3) is 10.7 Å². The second-order valence-corrected chi connectivity index (χ2v) is 7.04. The van der Waals surface area contributed by atoms with Crippen LogP contribution in [0, 0.1) is 10.7 Å². The third-order valence-corrected chi connectivity index (χ3v) is 5.26. The number of hydrogen-bond acceptors (Lipinski definition) is 5. The van der Waals surface area contributed by atoms with Crippen LogP contribution in [0.1, 0.15) is 19.9 Å². The fraction of sp³-hybridized carbons (Fsp3) is 0.467. The van der Waals surface area contributed by atoms with Crippen molar-refractivity contribution < 1.29 is 9.59 Å². The molecular formula is C15H19N5O2S2. The van der Waals surface area contributed by atoms with Crippen molar-refractivity contribution in [2.45, 2.75) is 19.9 Å². The van der Waals surface area contributed by atoms with Gasteiger partial charge in [-0.1, -0.05) is 6.07 Å². The highest BCUT2D eigenvalue weighted by atomic mass is 32.1. The highest BCUT2D eigenvalue weighted by molar-refractivity contribution is 7.71. The van der Waals surface area contributed by atoms with Gasteiger partial charge >= 0.3 is 0 Å². The minimum Gasteiger partial charge on any atom is -0.356 e. The Morgan fingerprint density at radius 3 is 2.92 bits per heavy atom. The predicted octanol–water partition coefficient (Wildman–Crippen LogP) is 1.82. The number of H-pyrrole nitrogens is 1. The fourth-order valence-corrected chi connectivity index (χ4v) is 3.76. The highest BCUT2D eigenvalue weighted by Gasteiger charge is 2.38. The van der Waals surface area contributed by atoms with Gasteiger partial charge in [-0.3, -0.25) is 19.3 Å². The molecule has 2 aromatic heterocycles. The number of nitrogens with one attached hydrogen (secondary N) is 2. The lowest BCUT2D eigenvalue weighted by atomic mass is 9.98. The molecule has 0 radical (unpaired) electrons. The molecular weight excluding hydrogens is 346 g/mol. The standard InChI is InChI=1S/C15H19N5O2S2/c1-3-16-13(21)10-7-19(8-10)14(22)9(2)20-12(17-18-15(20)23)11-5-4-6-24-11/h4-6,9-10H,3,7-8H2,1-2H3,(H,16,21)(H,18,23)/t9-/m0/s1. The molecule has 9 heteroatoms. The average molecular weight is 365 g/mol. The zero-order valence-electron chi connectivity index (χ0n) is 13.5. The Kier molecular flexibility index (Phi) is 4.81. The Hall–Kier alpha value is -2.00. The molecule has 0 aliphatic carbocycles.